The Morgan fingerprint density at radius 3 is 2.37 bits per heavy atom. The average Bonchev–Trinajstić information content (AvgIpc) is 3.34. The van der Waals surface area contributed by atoms with Gasteiger partial charge in [-0.3, -0.25) is 19.3 Å². The van der Waals surface area contributed by atoms with Crippen molar-refractivity contribution in [3.8, 4) is 0 Å². The lowest BCUT2D eigenvalue weighted by molar-refractivity contribution is -0.151. The number of anilines is 1. The van der Waals surface area contributed by atoms with Crippen LogP contribution >= 0.6 is 11.3 Å². The fourth-order valence-electron chi connectivity index (χ4n) is 4.90. The number of hydrogen-bond donors (Lipinski definition) is 1. The number of ether oxygens (including phenoxy) is 2. The van der Waals surface area contributed by atoms with Gasteiger partial charge in [-0.2, -0.15) is 0 Å². The van der Waals surface area contributed by atoms with Gasteiger partial charge in [0.25, 0.3) is 17.7 Å². The standard InChI is InChI=1S/C28H32N2O7S/c1-5-36-28(35)23-19-11-10-16(4)13-21(19)38-24(23)29-22(31)14-37-27(34)20(12-15(2)3)30-25(32)17-8-6-7-9-18(17)26(30)33/h6-9,15-16,20H,5,10-14H2,1-4H3,(H,29,31). The summed E-state index contributed by atoms with van der Waals surface area (Å²) in [5, 5.41) is 3.09. The zero-order valence-electron chi connectivity index (χ0n) is 22.0. The zero-order chi connectivity index (χ0) is 27.6. The number of nitrogens with one attached hydrogen (secondary N) is 1. The predicted octanol–water partition coefficient (Wildman–Crippen LogP) is 4.24. The fourth-order valence-corrected chi connectivity index (χ4v) is 6.31. The average molecular weight is 541 g/mol. The molecule has 0 radical (unpaired) electrons. The van der Waals surface area contributed by atoms with E-state index in [4.69, 9.17) is 9.47 Å². The van der Waals surface area contributed by atoms with Crippen LogP contribution in [0.5, 0.6) is 0 Å². The molecule has 9 nitrogen and oxygen atoms in total. The normalized spacial score (nSPS) is 17.2. The second kappa shape index (κ2) is 11.5. The maximum atomic E-state index is 13.1. The minimum absolute atomic E-state index is 0.0299. The van der Waals surface area contributed by atoms with Crippen LogP contribution in [0.1, 0.15) is 82.1 Å². The van der Waals surface area contributed by atoms with E-state index in [0.717, 1.165) is 34.6 Å². The fraction of sp³-hybridized carbons (Fsp3) is 0.464. The van der Waals surface area contributed by atoms with E-state index in [0.29, 0.717) is 16.5 Å². The molecule has 1 aliphatic carbocycles. The van der Waals surface area contributed by atoms with Gasteiger partial charge in [0.2, 0.25) is 0 Å². The molecule has 2 aromatic rings. The number of benzene rings is 1. The van der Waals surface area contributed by atoms with Crippen LogP contribution in [0.25, 0.3) is 0 Å². The summed E-state index contributed by atoms with van der Waals surface area (Å²) in [6.07, 6.45) is 2.67. The van der Waals surface area contributed by atoms with E-state index in [1.165, 1.54) is 11.3 Å². The minimum Gasteiger partial charge on any atom is -0.462 e. The molecule has 0 saturated carbocycles. The van der Waals surface area contributed by atoms with Crippen LogP contribution in [0, 0.1) is 11.8 Å². The number of thiophene rings is 1. The second-order valence-corrected chi connectivity index (χ2v) is 11.2. The summed E-state index contributed by atoms with van der Waals surface area (Å²) in [5.74, 6) is -2.63. The number of amides is 3. The maximum Gasteiger partial charge on any atom is 0.341 e. The van der Waals surface area contributed by atoms with Gasteiger partial charge in [0, 0.05) is 4.88 Å². The maximum absolute atomic E-state index is 13.1. The first-order valence-corrected chi connectivity index (χ1v) is 13.7. The Labute approximate surface area is 225 Å². The van der Waals surface area contributed by atoms with E-state index in [9.17, 15) is 24.0 Å². The van der Waals surface area contributed by atoms with Gasteiger partial charge in [-0.25, -0.2) is 9.59 Å². The number of imide groups is 1. The van der Waals surface area contributed by atoms with Crippen molar-refractivity contribution in [3.05, 3.63) is 51.4 Å². The first kappa shape index (κ1) is 27.5. The predicted molar refractivity (Wildman–Crippen MR) is 141 cm³/mol. The van der Waals surface area contributed by atoms with Crippen molar-refractivity contribution < 1.29 is 33.4 Å². The minimum atomic E-state index is -1.17. The van der Waals surface area contributed by atoms with Gasteiger partial charge < -0.3 is 14.8 Å². The molecule has 2 aliphatic rings. The molecular weight excluding hydrogens is 508 g/mol. The highest BCUT2D eigenvalue weighted by atomic mass is 32.1. The first-order chi connectivity index (χ1) is 18.1. The molecule has 2 atom stereocenters. The Bertz CT molecular complexity index is 1250. The van der Waals surface area contributed by atoms with Crippen molar-refractivity contribution in [1.82, 2.24) is 4.90 Å². The topological polar surface area (TPSA) is 119 Å². The van der Waals surface area contributed by atoms with Gasteiger partial charge in [0.05, 0.1) is 23.3 Å². The Kier molecular flexibility index (Phi) is 8.30. The summed E-state index contributed by atoms with van der Waals surface area (Å²) in [6, 6.07) is 5.23. The summed E-state index contributed by atoms with van der Waals surface area (Å²) < 4.78 is 10.5. The largest absolute Gasteiger partial charge is 0.462 e. The van der Waals surface area contributed by atoms with Crippen LogP contribution in [-0.2, 0) is 31.9 Å². The lowest BCUT2D eigenvalue weighted by Crippen LogP contribution is -2.46. The van der Waals surface area contributed by atoms with Crippen LogP contribution in [0.4, 0.5) is 5.00 Å². The van der Waals surface area contributed by atoms with Crippen molar-refractivity contribution in [2.24, 2.45) is 11.8 Å². The van der Waals surface area contributed by atoms with Crippen molar-refractivity contribution >= 4 is 46.0 Å². The number of rotatable bonds is 9. The van der Waals surface area contributed by atoms with E-state index < -0.39 is 42.3 Å². The van der Waals surface area contributed by atoms with Gasteiger partial charge in [0.1, 0.15) is 11.0 Å². The van der Waals surface area contributed by atoms with Crippen molar-refractivity contribution in [3.63, 3.8) is 0 Å². The molecule has 0 bridgehead atoms. The molecule has 38 heavy (non-hydrogen) atoms. The smallest absolute Gasteiger partial charge is 0.341 e. The van der Waals surface area contributed by atoms with E-state index in [1.54, 1.807) is 31.2 Å². The zero-order valence-corrected chi connectivity index (χ0v) is 22.8. The van der Waals surface area contributed by atoms with Crippen molar-refractivity contribution in [2.45, 2.75) is 59.4 Å². The summed E-state index contributed by atoms with van der Waals surface area (Å²) >= 11 is 1.34. The van der Waals surface area contributed by atoms with Gasteiger partial charge in [0.15, 0.2) is 6.61 Å². The highest BCUT2D eigenvalue weighted by Gasteiger charge is 2.43. The van der Waals surface area contributed by atoms with Crippen LogP contribution < -0.4 is 5.32 Å². The summed E-state index contributed by atoms with van der Waals surface area (Å²) in [5.41, 5.74) is 1.74. The molecular formula is C28H32N2O7S. The van der Waals surface area contributed by atoms with Gasteiger partial charge >= 0.3 is 11.9 Å². The first-order valence-electron chi connectivity index (χ1n) is 12.9. The second-order valence-electron chi connectivity index (χ2n) is 10.1. The quantitative estimate of drug-likeness (QED) is 0.373. The van der Waals surface area contributed by atoms with E-state index in [-0.39, 0.29) is 30.1 Å². The summed E-state index contributed by atoms with van der Waals surface area (Å²) in [7, 11) is 0. The lowest BCUT2D eigenvalue weighted by Gasteiger charge is -2.25. The van der Waals surface area contributed by atoms with Crippen LogP contribution in [0.3, 0.4) is 0 Å². The highest BCUT2D eigenvalue weighted by Crippen LogP contribution is 2.40. The Morgan fingerprint density at radius 2 is 1.76 bits per heavy atom. The molecule has 0 spiro atoms. The molecule has 10 heteroatoms. The summed E-state index contributed by atoms with van der Waals surface area (Å²) in [6.45, 7) is 7.17. The highest BCUT2D eigenvalue weighted by molar-refractivity contribution is 7.17. The molecule has 202 valence electrons. The molecule has 4 rings (SSSR count). The number of fused-ring (bicyclic) bond motifs is 2. The Morgan fingerprint density at radius 1 is 1.11 bits per heavy atom. The van der Waals surface area contributed by atoms with Crippen LogP contribution in [0.15, 0.2) is 24.3 Å². The SMILES string of the molecule is CCOC(=O)c1c(NC(=O)COC(=O)C(CC(C)C)N2C(=O)c3ccccc3C2=O)sc2c1CCC(C)C2. The van der Waals surface area contributed by atoms with Gasteiger partial charge in [-0.1, -0.05) is 32.9 Å². The number of nitrogens with zero attached hydrogens (tertiary/aromatic N) is 1. The molecule has 1 N–H and O–H groups in total. The van der Waals surface area contributed by atoms with Crippen LogP contribution in [0.2, 0.25) is 0 Å². The van der Waals surface area contributed by atoms with E-state index in [1.807, 2.05) is 13.8 Å². The molecule has 0 saturated heterocycles. The molecule has 3 amide bonds. The Hall–Kier alpha value is -3.53. The Balaban J connectivity index is 1.47. The number of hydrogen-bond acceptors (Lipinski definition) is 8. The number of esters is 2. The summed E-state index contributed by atoms with van der Waals surface area (Å²) in [4.78, 5) is 66.5. The molecule has 1 aliphatic heterocycles. The van der Waals surface area contributed by atoms with Crippen LogP contribution in [-0.4, -0.2) is 53.8 Å². The molecule has 1 aromatic heterocycles. The van der Waals surface area contributed by atoms with E-state index in [2.05, 4.69) is 12.2 Å². The third-order valence-electron chi connectivity index (χ3n) is 6.69. The molecule has 2 unspecified atom stereocenters. The van der Waals surface area contributed by atoms with E-state index >= 15 is 0 Å². The van der Waals surface area contributed by atoms with Crippen molar-refractivity contribution in [2.75, 3.05) is 18.5 Å². The number of carbonyl (C=O) groups is 5. The van der Waals surface area contributed by atoms with Gasteiger partial charge in [-0.15, -0.1) is 11.3 Å². The molecule has 0 fully saturated rings. The monoisotopic (exact) mass is 540 g/mol. The molecule has 1 aromatic carbocycles. The van der Waals surface area contributed by atoms with Gasteiger partial charge in [-0.05, 0) is 62.1 Å². The number of carbonyl (C=O) groups excluding carboxylic acids is 5. The lowest BCUT2D eigenvalue weighted by atomic mass is 9.88. The third-order valence-corrected chi connectivity index (χ3v) is 7.86. The molecule has 2 heterocycles. The third kappa shape index (κ3) is 5.50. The van der Waals surface area contributed by atoms with Crippen molar-refractivity contribution in [1.29, 1.82) is 0 Å².